The first-order valence-electron chi connectivity index (χ1n) is 17.7. The van der Waals surface area contributed by atoms with Crippen LogP contribution >= 0.6 is 0 Å². The van der Waals surface area contributed by atoms with E-state index in [0.717, 1.165) is 24.0 Å². The van der Waals surface area contributed by atoms with Crippen molar-refractivity contribution >= 4 is 18.9 Å². The highest BCUT2D eigenvalue weighted by atomic mass is 32.2. The lowest BCUT2D eigenvalue weighted by Crippen LogP contribution is -2.50. The molecule has 45 heavy (non-hydrogen) atoms. The molecule has 274 valence electrons. The smallest absolute Gasteiger partial charge is 0.501 e. The summed E-state index contributed by atoms with van der Waals surface area (Å²) in [7, 11) is -2.51. The third-order valence-corrected chi connectivity index (χ3v) is 10.3. The largest absolute Gasteiger partial charge is 0.748 e. The van der Waals surface area contributed by atoms with Crippen molar-refractivity contribution in [3.8, 4) is 0 Å². The predicted molar refractivity (Wildman–Crippen MR) is 185 cm³/mol. The van der Waals surface area contributed by atoms with Gasteiger partial charge in [-0.2, -0.15) is 0 Å². The molecule has 0 aliphatic carbocycles. The van der Waals surface area contributed by atoms with Gasteiger partial charge in [0, 0.05) is 18.7 Å². The number of unbranched alkanes of at least 4 members (excludes halogenated alkanes) is 15. The third kappa shape index (κ3) is 38.2. The zero-order chi connectivity index (χ0) is 34.6. The first-order chi connectivity index (χ1) is 21.0. The van der Waals surface area contributed by atoms with Gasteiger partial charge in [0.05, 0.1) is 75.4 Å². The van der Waals surface area contributed by atoms with E-state index < -0.39 is 37.2 Å². The number of hydrogen-bond acceptors (Lipinski definition) is 9. The fourth-order valence-corrected chi connectivity index (χ4v) is 7.77. The lowest BCUT2D eigenvalue weighted by Gasteiger charge is -2.34. The maximum absolute atomic E-state index is 9.78. The van der Waals surface area contributed by atoms with E-state index >= 15 is 0 Å². The lowest BCUT2D eigenvalue weighted by atomic mass is 10.0. The standard InChI is InChI=1S/C32H70NO6Si.CH4O3S/c1-7-8-9-10-11-12-13-14-15-16-17-18-19-20-21-22-24-33(5,6)25-23-26-40(37-27-30(2)34,38-28-31(3)35)39-29-32(4)36;1-5(2,3)4/h30-32,34-36H,7-29H2,1-6H3;1H3,(H,2,3,4)/q+1;/p-1. The van der Waals surface area contributed by atoms with Gasteiger partial charge in [-0.15, -0.1) is 0 Å². The van der Waals surface area contributed by atoms with Crippen molar-refractivity contribution in [2.45, 2.75) is 161 Å². The molecule has 0 aliphatic heterocycles. The van der Waals surface area contributed by atoms with Crippen LogP contribution in [0.1, 0.15) is 137 Å². The van der Waals surface area contributed by atoms with Crippen LogP contribution in [0.25, 0.3) is 0 Å². The zero-order valence-electron chi connectivity index (χ0n) is 30.1. The van der Waals surface area contributed by atoms with Crippen LogP contribution in [-0.2, 0) is 23.4 Å². The molecular formula is C33H73NO9SSi. The van der Waals surface area contributed by atoms with Crippen molar-refractivity contribution < 1.29 is 46.1 Å². The SMILES string of the molecule is CCCCCCCCCCCCCCCCCC[N+](C)(C)CCC[Si](OCC(C)O)(OCC(C)O)OCC(C)O.CS(=O)(=O)[O-]. The van der Waals surface area contributed by atoms with Crippen molar-refractivity contribution in [3.63, 3.8) is 0 Å². The van der Waals surface area contributed by atoms with Crippen LogP contribution < -0.4 is 0 Å². The van der Waals surface area contributed by atoms with Gasteiger partial charge in [-0.25, -0.2) is 8.42 Å². The number of aliphatic hydroxyl groups excluding tert-OH is 3. The van der Waals surface area contributed by atoms with Gasteiger partial charge in [-0.1, -0.05) is 96.8 Å². The molecule has 12 heteroatoms. The highest BCUT2D eigenvalue weighted by Gasteiger charge is 2.42. The van der Waals surface area contributed by atoms with E-state index in [9.17, 15) is 15.3 Å². The summed E-state index contributed by atoms with van der Waals surface area (Å²) in [5.41, 5.74) is 0. The van der Waals surface area contributed by atoms with E-state index in [1.54, 1.807) is 20.8 Å². The van der Waals surface area contributed by atoms with Gasteiger partial charge < -0.3 is 37.6 Å². The van der Waals surface area contributed by atoms with Crippen LogP contribution in [0, 0.1) is 0 Å². The molecule has 0 bridgehead atoms. The third-order valence-electron chi connectivity index (χ3n) is 7.50. The molecule has 0 saturated heterocycles. The van der Waals surface area contributed by atoms with Gasteiger partial charge in [0.1, 0.15) is 0 Å². The fourth-order valence-electron chi connectivity index (χ4n) is 5.01. The maximum atomic E-state index is 9.78. The van der Waals surface area contributed by atoms with Gasteiger partial charge in [-0.05, 0) is 33.6 Å². The van der Waals surface area contributed by atoms with Crippen molar-refractivity contribution in [3.05, 3.63) is 0 Å². The maximum Gasteiger partial charge on any atom is 0.501 e. The van der Waals surface area contributed by atoms with Crippen LogP contribution in [0.4, 0.5) is 0 Å². The Labute approximate surface area is 278 Å². The second kappa shape index (κ2) is 28.8. The molecule has 0 radical (unpaired) electrons. The number of hydrogen-bond donors (Lipinski definition) is 3. The average molecular weight is 688 g/mol. The molecule has 0 aliphatic rings. The zero-order valence-corrected chi connectivity index (χ0v) is 32.0. The van der Waals surface area contributed by atoms with E-state index in [1.807, 2.05) is 0 Å². The van der Waals surface area contributed by atoms with E-state index in [2.05, 4.69) is 21.0 Å². The van der Waals surface area contributed by atoms with E-state index in [4.69, 9.17) is 26.2 Å². The molecular weight excluding hydrogens is 615 g/mol. The molecule has 0 amide bonds. The lowest BCUT2D eigenvalue weighted by molar-refractivity contribution is -0.890. The Morgan fingerprint density at radius 3 is 1.16 bits per heavy atom. The molecule has 0 aromatic rings. The minimum atomic E-state index is -3.92. The normalized spacial score (nSPS) is 15.6. The first-order valence-corrected chi connectivity index (χ1v) is 21.5. The molecule has 0 aromatic heterocycles. The highest BCUT2D eigenvalue weighted by Crippen LogP contribution is 2.21. The summed E-state index contributed by atoms with van der Waals surface area (Å²) in [6, 6.07) is 0.597. The Balaban J connectivity index is 0. The summed E-state index contributed by atoms with van der Waals surface area (Å²) in [5.74, 6) is 0. The monoisotopic (exact) mass is 687 g/mol. The molecule has 0 saturated carbocycles. The molecule has 0 rings (SSSR count). The summed E-state index contributed by atoms with van der Waals surface area (Å²) >= 11 is 0. The quantitative estimate of drug-likeness (QED) is 0.0358. The Hall–Kier alpha value is -0.153. The number of rotatable bonds is 30. The second-order valence-corrected chi connectivity index (χ2v) is 17.8. The van der Waals surface area contributed by atoms with Crippen LogP contribution in [0.5, 0.6) is 0 Å². The fraction of sp³-hybridized carbons (Fsp3) is 1.00. The van der Waals surface area contributed by atoms with Crippen molar-refractivity contribution in [1.82, 2.24) is 0 Å². The van der Waals surface area contributed by atoms with E-state index in [0.29, 0.717) is 12.3 Å². The molecule has 3 N–H and O–H groups in total. The summed E-state index contributed by atoms with van der Waals surface area (Å²) in [5, 5.41) is 29.3. The Kier molecular flexibility index (Phi) is 30.1. The van der Waals surface area contributed by atoms with Crippen LogP contribution in [0.2, 0.25) is 6.04 Å². The molecule has 0 spiro atoms. The minimum absolute atomic E-state index is 0.114. The predicted octanol–water partition coefficient (Wildman–Crippen LogP) is 6.01. The number of quaternary nitrogens is 1. The average Bonchev–Trinajstić information content (AvgIpc) is 2.92. The van der Waals surface area contributed by atoms with Crippen LogP contribution in [0.15, 0.2) is 0 Å². The van der Waals surface area contributed by atoms with Crippen molar-refractivity contribution in [2.24, 2.45) is 0 Å². The summed E-state index contributed by atoms with van der Waals surface area (Å²) in [6.45, 7) is 9.75. The topological polar surface area (TPSA) is 146 Å². The van der Waals surface area contributed by atoms with E-state index in [1.165, 1.54) is 103 Å². The summed E-state index contributed by atoms with van der Waals surface area (Å²) < 4.78 is 46.2. The van der Waals surface area contributed by atoms with Crippen LogP contribution in [0.3, 0.4) is 0 Å². The van der Waals surface area contributed by atoms with E-state index in [-0.39, 0.29) is 19.8 Å². The summed E-state index contributed by atoms with van der Waals surface area (Å²) in [6.07, 6.45) is 21.7. The molecule has 0 aromatic carbocycles. The van der Waals surface area contributed by atoms with Crippen molar-refractivity contribution in [2.75, 3.05) is 53.3 Å². The van der Waals surface area contributed by atoms with Gasteiger partial charge in [-0.3, -0.25) is 0 Å². The Bertz CT molecular complexity index is 713. The molecule has 3 unspecified atom stereocenters. The molecule has 0 fully saturated rings. The van der Waals surface area contributed by atoms with Gasteiger partial charge in [0.15, 0.2) is 0 Å². The molecule has 3 atom stereocenters. The highest BCUT2D eigenvalue weighted by molar-refractivity contribution is 7.84. The molecule has 10 nitrogen and oxygen atoms in total. The van der Waals surface area contributed by atoms with Gasteiger partial charge in [0.25, 0.3) is 0 Å². The first kappa shape index (κ1) is 47.0. The number of nitrogens with zero attached hydrogens (tertiary/aromatic N) is 1. The van der Waals surface area contributed by atoms with Crippen molar-refractivity contribution in [1.29, 1.82) is 0 Å². The van der Waals surface area contributed by atoms with Gasteiger partial charge in [0.2, 0.25) is 0 Å². The second-order valence-electron chi connectivity index (χ2n) is 13.7. The van der Waals surface area contributed by atoms with Gasteiger partial charge >= 0.3 is 8.80 Å². The van der Waals surface area contributed by atoms with Crippen LogP contribution in [-0.4, -0.2) is 113 Å². The Morgan fingerprint density at radius 2 is 0.867 bits per heavy atom. The Morgan fingerprint density at radius 1 is 0.600 bits per heavy atom. The molecule has 0 heterocycles. The summed E-state index contributed by atoms with van der Waals surface area (Å²) in [4.78, 5) is 0. The minimum Gasteiger partial charge on any atom is -0.748 e. The number of aliphatic hydroxyl groups is 3.